The zero-order valence-electron chi connectivity index (χ0n) is 9.22. The standard InChI is InChI=1S/C12H9ClN4O/c13-12-15-6-5-8(17-12)10(14)11-16-7-3-1-2-4-9(7)18-11/h1-6,16H,14H2/b11-10+. The topological polar surface area (TPSA) is 73.1 Å². The molecule has 6 heteroatoms. The smallest absolute Gasteiger partial charge is 0.223 e. The summed E-state index contributed by atoms with van der Waals surface area (Å²) in [5.41, 5.74) is 7.77. The summed E-state index contributed by atoms with van der Waals surface area (Å²) in [7, 11) is 0. The molecule has 18 heavy (non-hydrogen) atoms. The lowest BCUT2D eigenvalue weighted by Gasteiger charge is -2.05. The highest BCUT2D eigenvalue weighted by atomic mass is 35.5. The lowest BCUT2D eigenvalue weighted by Crippen LogP contribution is -2.10. The Morgan fingerprint density at radius 2 is 2.11 bits per heavy atom. The van der Waals surface area contributed by atoms with Crippen molar-refractivity contribution in [1.82, 2.24) is 9.97 Å². The van der Waals surface area contributed by atoms with Gasteiger partial charge in [-0.15, -0.1) is 0 Å². The third kappa shape index (κ3) is 1.84. The molecule has 5 nitrogen and oxygen atoms in total. The van der Waals surface area contributed by atoms with Crippen molar-refractivity contribution in [3.8, 4) is 5.75 Å². The zero-order valence-corrected chi connectivity index (χ0v) is 9.98. The van der Waals surface area contributed by atoms with E-state index in [9.17, 15) is 0 Å². The highest BCUT2D eigenvalue weighted by molar-refractivity contribution is 6.28. The van der Waals surface area contributed by atoms with Crippen LogP contribution in [0.15, 0.2) is 42.4 Å². The molecule has 0 atom stereocenters. The summed E-state index contributed by atoms with van der Waals surface area (Å²) in [6.45, 7) is 0. The van der Waals surface area contributed by atoms with E-state index < -0.39 is 0 Å². The fraction of sp³-hybridized carbons (Fsp3) is 0. The third-order valence-electron chi connectivity index (χ3n) is 2.49. The summed E-state index contributed by atoms with van der Waals surface area (Å²) < 4.78 is 5.60. The lowest BCUT2D eigenvalue weighted by molar-refractivity contribution is 0.458. The number of hydrogen-bond acceptors (Lipinski definition) is 5. The fourth-order valence-electron chi connectivity index (χ4n) is 1.64. The zero-order chi connectivity index (χ0) is 12.5. The first-order valence-electron chi connectivity index (χ1n) is 5.26. The highest BCUT2D eigenvalue weighted by Crippen LogP contribution is 2.34. The van der Waals surface area contributed by atoms with Crippen LogP contribution >= 0.6 is 11.6 Å². The first-order valence-corrected chi connectivity index (χ1v) is 5.64. The first kappa shape index (κ1) is 10.9. The molecule has 0 amide bonds. The summed E-state index contributed by atoms with van der Waals surface area (Å²) in [6, 6.07) is 9.23. The van der Waals surface area contributed by atoms with Crippen LogP contribution in [0.2, 0.25) is 5.28 Å². The molecule has 1 aromatic carbocycles. The van der Waals surface area contributed by atoms with Crippen LogP contribution in [-0.2, 0) is 0 Å². The van der Waals surface area contributed by atoms with Crippen LogP contribution in [0.3, 0.4) is 0 Å². The van der Waals surface area contributed by atoms with Gasteiger partial charge in [-0.1, -0.05) is 12.1 Å². The summed E-state index contributed by atoms with van der Waals surface area (Å²) in [6.07, 6.45) is 1.54. The molecular weight excluding hydrogens is 252 g/mol. The van der Waals surface area contributed by atoms with Gasteiger partial charge in [-0.05, 0) is 29.8 Å². The van der Waals surface area contributed by atoms with Crippen molar-refractivity contribution in [3.05, 3.63) is 53.4 Å². The Bertz CT molecular complexity index is 614. The number of fused-ring (bicyclic) bond motifs is 1. The SMILES string of the molecule is N/C(=C1\Nc2ccccc2O1)c1ccnc(Cl)n1. The van der Waals surface area contributed by atoms with Gasteiger partial charge in [0.15, 0.2) is 5.75 Å². The minimum Gasteiger partial charge on any atom is -0.437 e. The number of hydrogen-bond donors (Lipinski definition) is 2. The minimum atomic E-state index is 0.145. The molecule has 2 heterocycles. The molecule has 0 aliphatic carbocycles. The molecular formula is C12H9ClN4O. The Hall–Kier alpha value is -2.27. The van der Waals surface area contributed by atoms with Crippen molar-refractivity contribution in [1.29, 1.82) is 0 Å². The van der Waals surface area contributed by atoms with Crippen molar-refractivity contribution >= 4 is 23.0 Å². The maximum atomic E-state index is 5.99. The van der Waals surface area contributed by atoms with Crippen molar-refractivity contribution in [3.63, 3.8) is 0 Å². The highest BCUT2D eigenvalue weighted by Gasteiger charge is 2.19. The molecule has 0 radical (unpaired) electrons. The number of anilines is 1. The Kier molecular flexibility index (Phi) is 2.53. The van der Waals surface area contributed by atoms with E-state index in [2.05, 4.69) is 15.3 Å². The lowest BCUT2D eigenvalue weighted by atomic mass is 10.3. The number of nitrogens with two attached hydrogens (primary N) is 1. The molecule has 3 rings (SSSR count). The molecule has 0 fully saturated rings. The van der Waals surface area contributed by atoms with Gasteiger partial charge in [0.2, 0.25) is 11.2 Å². The molecule has 90 valence electrons. The van der Waals surface area contributed by atoms with Crippen molar-refractivity contribution in [2.75, 3.05) is 5.32 Å². The fourth-order valence-corrected chi connectivity index (χ4v) is 1.79. The van der Waals surface area contributed by atoms with Gasteiger partial charge in [-0.25, -0.2) is 9.97 Å². The largest absolute Gasteiger partial charge is 0.437 e. The quantitative estimate of drug-likeness (QED) is 0.769. The van der Waals surface area contributed by atoms with Crippen LogP contribution in [0.25, 0.3) is 5.70 Å². The second-order valence-electron chi connectivity index (χ2n) is 3.68. The van der Waals surface area contributed by atoms with Crippen LogP contribution in [0.5, 0.6) is 5.75 Å². The number of ether oxygens (including phenoxy) is 1. The molecule has 1 aliphatic heterocycles. The monoisotopic (exact) mass is 260 g/mol. The van der Waals surface area contributed by atoms with E-state index in [4.69, 9.17) is 22.1 Å². The predicted octanol–water partition coefficient (Wildman–Crippen LogP) is 2.22. The van der Waals surface area contributed by atoms with Crippen LogP contribution < -0.4 is 15.8 Å². The molecule has 0 unspecified atom stereocenters. The van der Waals surface area contributed by atoms with E-state index in [0.717, 1.165) is 11.4 Å². The molecule has 1 aliphatic rings. The number of nitrogens with one attached hydrogen (secondary N) is 1. The minimum absolute atomic E-state index is 0.145. The average molecular weight is 261 g/mol. The molecule has 0 bridgehead atoms. The van der Waals surface area contributed by atoms with Gasteiger partial charge < -0.3 is 15.8 Å². The van der Waals surface area contributed by atoms with E-state index in [1.54, 1.807) is 12.3 Å². The number of nitrogens with zero attached hydrogens (tertiary/aromatic N) is 2. The Labute approximate surface area is 108 Å². The number of benzene rings is 1. The third-order valence-corrected chi connectivity index (χ3v) is 2.68. The van der Waals surface area contributed by atoms with E-state index in [1.807, 2.05) is 24.3 Å². The number of halogens is 1. The van der Waals surface area contributed by atoms with Crippen LogP contribution in [0, 0.1) is 0 Å². The van der Waals surface area contributed by atoms with E-state index >= 15 is 0 Å². The summed E-state index contributed by atoms with van der Waals surface area (Å²) in [5.74, 6) is 1.18. The molecule has 0 saturated heterocycles. The molecule has 2 aromatic rings. The van der Waals surface area contributed by atoms with Gasteiger partial charge in [-0.2, -0.15) is 0 Å². The first-order chi connectivity index (χ1) is 8.74. The second kappa shape index (κ2) is 4.19. The summed E-state index contributed by atoms with van der Waals surface area (Å²) in [5, 5.41) is 3.23. The maximum Gasteiger partial charge on any atom is 0.223 e. The average Bonchev–Trinajstić information content (AvgIpc) is 2.81. The van der Waals surface area contributed by atoms with Gasteiger partial charge in [0.25, 0.3) is 0 Å². The molecule has 0 spiro atoms. The number of rotatable bonds is 1. The van der Waals surface area contributed by atoms with Crippen LogP contribution in [0.4, 0.5) is 5.69 Å². The van der Waals surface area contributed by atoms with Crippen molar-refractivity contribution in [2.24, 2.45) is 5.73 Å². The summed E-state index contributed by atoms with van der Waals surface area (Å²) in [4.78, 5) is 7.84. The second-order valence-corrected chi connectivity index (χ2v) is 4.01. The van der Waals surface area contributed by atoms with Gasteiger partial charge in [0.05, 0.1) is 11.4 Å². The van der Waals surface area contributed by atoms with Gasteiger partial charge in [0.1, 0.15) is 5.70 Å². The molecule has 0 saturated carbocycles. The van der Waals surface area contributed by atoms with Crippen LogP contribution in [0.1, 0.15) is 5.69 Å². The van der Waals surface area contributed by atoms with Gasteiger partial charge in [0, 0.05) is 6.20 Å². The van der Waals surface area contributed by atoms with Crippen LogP contribution in [-0.4, -0.2) is 9.97 Å². The maximum absolute atomic E-state index is 5.99. The Morgan fingerprint density at radius 1 is 1.28 bits per heavy atom. The van der Waals surface area contributed by atoms with Crippen molar-refractivity contribution < 1.29 is 4.74 Å². The van der Waals surface area contributed by atoms with E-state index in [0.29, 0.717) is 17.3 Å². The number of para-hydroxylation sites is 2. The number of aromatic nitrogens is 2. The molecule has 3 N–H and O–H groups in total. The molecule has 1 aromatic heterocycles. The van der Waals surface area contributed by atoms with E-state index in [-0.39, 0.29) is 5.28 Å². The predicted molar refractivity (Wildman–Crippen MR) is 68.8 cm³/mol. The van der Waals surface area contributed by atoms with Crippen molar-refractivity contribution in [2.45, 2.75) is 0 Å². The normalized spacial score (nSPS) is 15.6. The Balaban J connectivity index is 1.99. The van der Waals surface area contributed by atoms with Gasteiger partial charge in [-0.3, -0.25) is 0 Å². The van der Waals surface area contributed by atoms with E-state index in [1.165, 1.54) is 0 Å². The summed E-state index contributed by atoms with van der Waals surface area (Å²) >= 11 is 5.72. The Morgan fingerprint density at radius 3 is 2.89 bits per heavy atom. The van der Waals surface area contributed by atoms with Gasteiger partial charge >= 0.3 is 0 Å².